The van der Waals surface area contributed by atoms with Crippen LogP contribution in [0.1, 0.15) is 11.1 Å². The molecule has 2 N–H and O–H groups in total. The lowest BCUT2D eigenvalue weighted by Gasteiger charge is -2.08. The van der Waals surface area contributed by atoms with Gasteiger partial charge in [0.15, 0.2) is 0 Å². The van der Waals surface area contributed by atoms with Crippen LogP contribution in [0.5, 0.6) is 11.5 Å². The summed E-state index contributed by atoms with van der Waals surface area (Å²) in [6.45, 7) is 2.61. The van der Waals surface area contributed by atoms with Crippen LogP contribution < -0.4 is 10.5 Å². The molecule has 0 unspecified atom stereocenters. The molecule has 0 aliphatic heterocycles. The molecule has 2 aromatic carbocycles. The van der Waals surface area contributed by atoms with Gasteiger partial charge in [-0.25, -0.2) is 0 Å². The fraction of sp³-hybridized carbons (Fsp3) is 0.143. The van der Waals surface area contributed by atoms with Gasteiger partial charge < -0.3 is 10.5 Å². The second-order valence-electron chi connectivity index (χ2n) is 3.85. The molecular formula is C14H14INO. The van der Waals surface area contributed by atoms with E-state index in [1.807, 2.05) is 49.4 Å². The number of ether oxygens (including phenoxy) is 1. The smallest absolute Gasteiger partial charge is 0.127 e. The van der Waals surface area contributed by atoms with Gasteiger partial charge in [-0.2, -0.15) is 0 Å². The first-order valence-corrected chi connectivity index (χ1v) is 6.50. The Labute approximate surface area is 115 Å². The summed E-state index contributed by atoms with van der Waals surface area (Å²) in [5.74, 6) is 1.70. The van der Waals surface area contributed by atoms with Gasteiger partial charge in [-0.1, -0.05) is 6.07 Å². The van der Waals surface area contributed by atoms with E-state index >= 15 is 0 Å². The van der Waals surface area contributed by atoms with Crippen LogP contribution in [0.3, 0.4) is 0 Å². The Kier molecular flexibility index (Phi) is 4.02. The molecule has 0 aliphatic rings. The van der Waals surface area contributed by atoms with Crippen LogP contribution in [0.25, 0.3) is 0 Å². The zero-order chi connectivity index (χ0) is 12.3. The second-order valence-corrected chi connectivity index (χ2v) is 5.09. The summed E-state index contributed by atoms with van der Waals surface area (Å²) in [5, 5.41) is 0. The number of rotatable bonds is 3. The van der Waals surface area contributed by atoms with Crippen LogP contribution in [-0.2, 0) is 6.54 Å². The molecule has 17 heavy (non-hydrogen) atoms. The molecule has 2 rings (SSSR count). The molecular weight excluding hydrogens is 325 g/mol. The van der Waals surface area contributed by atoms with E-state index in [-0.39, 0.29) is 0 Å². The van der Waals surface area contributed by atoms with Crippen LogP contribution in [-0.4, -0.2) is 0 Å². The number of halogens is 1. The summed E-state index contributed by atoms with van der Waals surface area (Å²) >= 11 is 2.27. The fourth-order valence-electron chi connectivity index (χ4n) is 1.60. The number of nitrogens with two attached hydrogens (primary N) is 1. The average molecular weight is 339 g/mol. The highest BCUT2D eigenvalue weighted by molar-refractivity contribution is 14.1. The lowest BCUT2D eigenvalue weighted by atomic mass is 10.1. The van der Waals surface area contributed by atoms with Crippen molar-refractivity contribution in [1.82, 2.24) is 0 Å². The topological polar surface area (TPSA) is 35.2 Å². The van der Waals surface area contributed by atoms with E-state index in [9.17, 15) is 0 Å². The molecule has 0 aliphatic carbocycles. The molecule has 0 saturated heterocycles. The number of hydrogen-bond donors (Lipinski definition) is 1. The Morgan fingerprint density at radius 3 is 2.29 bits per heavy atom. The zero-order valence-corrected chi connectivity index (χ0v) is 11.8. The Morgan fingerprint density at radius 2 is 1.71 bits per heavy atom. The molecule has 0 heterocycles. The summed E-state index contributed by atoms with van der Waals surface area (Å²) in [6, 6.07) is 14.0. The zero-order valence-electron chi connectivity index (χ0n) is 9.61. The van der Waals surface area contributed by atoms with Gasteiger partial charge in [0.2, 0.25) is 0 Å². The third-order valence-electron chi connectivity index (χ3n) is 2.58. The van der Waals surface area contributed by atoms with Crippen molar-refractivity contribution in [1.29, 1.82) is 0 Å². The Bertz CT molecular complexity index is 508. The Balaban J connectivity index is 2.19. The molecule has 2 aromatic rings. The van der Waals surface area contributed by atoms with Gasteiger partial charge in [0, 0.05) is 10.1 Å². The molecule has 0 spiro atoms. The van der Waals surface area contributed by atoms with E-state index < -0.39 is 0 Å². The summed E-state index contributed by atoms with van der Waals surface area (Å²) < 4.78 is 6.97. The molecule has 88 valence electrons. The van der Waals surface area contributed by atoms with E-state index in [0.717, 1.165) is 22.6 Å². The van der Waals surface area contributed by atoms with Crippen LogP contribution in [0.4, 0.5) is 0 Å². The van der Waals surface area contributed by atoms with E-state index in [4.69, 9.17) is 10.5 Å². The first-order chi connectivity index (χ1) is 8.19. The van der Waals surface area contributed by atoms with Gasteiger partial charge in [-0.3, -0.25) is 0 Å². The number of hydrogen-bond acceptors (Lipinski definition) is 2. The largest absolute Gasteiger partial charge is 0.457 e. The Hall–Kier alpha value is -1.07. The lowest BCUT2D eigenvalue weighted by Crippen LogP contribution is -1.98. The SMILES string of the molecule is Cc1cc(Oc2ccc(I)cc2)ccc1CN. The van der Waals surface area contributed by atoms with Crippen molar-refractivity contribution in [2.45, 2.75) is 13.5 Å². The van der Waals surface area contributed by atoms with Crippen molar-refractivity contribution < 1.29 is 4.74 Å². The van der Waals surface area contributed by atoms with Crippen LogP contribution in [0.2, 0.25) is 0 Å². The molecule has 0 bridgehead atoms. The average Bonchev–Trinajstić information content (AvgIpc) is 2.32. The summed E-state index contributed by atoms with van der Waals surface area (Å²) in [7, 11) is 0. The normalized spacial score (nSPS) is 10.3. The maximum atomic E-state index is 5.77. The van der Waals surface area contributed by atoms with Gasteiger partial charge in [-0.15, -0.1) is 0 Å². The van der Waals surface area contributed by atoms with Crippen molar-refractivity contribution in [3.8, 4) is 11.5 Å². The molecule has 3 heteroatoms. The predicted molar refractivity (Wildman–Crippen MR) is 78.3 cm³/mol. The van der Waals surface area contributed by atoms with Gasteiger partial charge >= 0.3 is 0 Å². The van der Waals surface area contributed by atoms with Crippen molar-refractivity contribution in [3.63, 3.8) is 0 Å². The van der Waals surface area contributed by atoms with Crippen LogP contribution in [0, 0.1) is 10.5 Å². The second kappa shape index (κ2) is 5.51. The van der Waals surface area contributed by atoms with Gasteiger partial charge in [-0.05, 0) is 77.0 Å². The van der Waals surface area contributed by atoms with Crippen molar-refractivity contribution in [3.05, 3.63) is 57.2 Å². The fourth-order valence-corrected chi connectivity index (χ4v) is 1.96. The van der Waals surface area contributed by atoms with E-state index in [1.165, 1.54) is 3.57 Å². The lowest BCUT2D eigenvalue weighted by molar-refractivity contribution is 0.482. The van der Waals surface area contributed by atoms with Gasteiger partial charge in [0.05, 0.1) is 0 Å². The van der Waals surface area contributed by atoms with Crippen molar-refractivity contribution in [2.24, 2.45) is 5.73 Å². The molecule has 0 saturated carbocycles. The third-order valence-corrected chi connectivity index (χ3v) is 3.30. The minimum absolute atomic E-state index is 0.565. The summed E-state index contributed by atoms with van der Waals surface area (Å²) in [6.07, 6.45) is 0. The first-order valence-electron chi connectivity index (χ1n) is 5.42. The quantitative estimate of drug-likeness (QED) is 0.862. The highest BCUT2D eigenvalue weighted by Crippen LogP contribution is 2.24. The first kappa shape index (κ1) is 12.4. The minimum atomic E-state index is 0.565. The maximum absolute atomic E-state index is 5.77. The highest BCUT2D eigenvalue weighted by Gasteiger charge is 2.01. The minimum Gasteiger partial charge on any atom is -0.457 e. The number of aryl methyl sites for hydroxylation is 1. The van der Waals surface area contributed by atoms with Gasteiger partial charge in [0.25, 0.3) is 0 Å². The van der Waals surface area contributed by atoms with Crippen molar-refractivity contribution >= 4 is 22.6 Å². The molecule has 0 aromatic heterocycles. The maximum Gasteiger partial charge on any atom is 0.127 e. The summed E-state index contributed by atoms with van der Waals surface area (Å²) in [4.78, 5) is 0. The predicted octanol–water partition coefficient (Wildman–Crippen LogP) is 3.85. The molecule has 0 atom stereocenters. The van der Waals surface area contributed by atoms with E-state index in [0.29, 0.717) is 6.54 Å². The Morgan fingerprint density at radius 1 is 1.06 bits per heavy atom. The van der Waals surface area contributed by atoms with Crippen LogP contribution in [0.15, 0.2) is 42.5 Å². The molecule has 2 nitrogen and oxygen atoms in total. The number of benzene rings is 2. The van der Waals surface area contributed by atoms with Crippen molar-refractivity contribution in [2.75, 3.05) is 0 Å². The highest BCUT2D eigenvalue weighted by atomic mass is 127. The van der Waals surface area contributed by atoms with E-state index in [2.05, 4.69) is 22.6 Å². The van der Waals surface area contributed by atoms with Gasteiger partial charge in [0.1, 0.15) is 11.5 Å². The van der Waals surface area contributed by atoms with E-state index in [1.54, 1.807) is 0 Å². The molecule has 0 fully saturated rings. The monoisotopic (exact) mass is 339 g/mol. The van der Waals surface area contributed by atoms with Crippen LogP contribution >= 0.6 is 22.6 Å². The standard InChI is InChI=1S/C14H14INO/c1-10-8-14(5-2-11(10)9-16)17-13-6-3-12(15)4-7-13/h2-8H,9,16H2,1H3. The summed E-state index contributed by atoms with van der Waals surface area (Å²) in [5.41, 5.74) is 7.94. The third kappa shape index (κ3) is 3.20. The molecule has 0 radical (unpaired) electrons. The molecule has 0 amide bonds.